The van der Waals surface area contributed by atoms with Gasteiger partial charge >= 0.3 is 0 Å². The van der Waals surface area contributed by atoms with Crippen LogP contribution in [0.3, 0.4) is 0 Å². The number of rotatable bonds is 6. The van der Waals surface area contributed by atoms with Gasteiger partial charge in [0.15, 0.2) is 0 Å². The van der Waals surface area contributed by atoms with Crippen LogP contribution >= 0.6 is 0 Å². The fourth-order valence-corrected chi connectivity index (χ4v) is 6.23. The Balaban J connectivity index is 1.46. The van der Waals surface area contributed by atoms with Crippen molar-refractivity contribution in [2.75, 3.05) is 0 Å². The van der Waals surface area contributed by atoms with E-state index >= 15 is 0 Å². The zero-order valence-electron chi connectivity index (χ0n) is 23.6. The molecular formula is C39H30N4. The number of nitriles is 1. The third kappa shape index (κ3) is 4.67. The highest BCUT2D eigenvalue weighted by Crippen LogP contribution is 2.42. The van der Waals surface area contributed by atoms with Gasteiger partial charge in [-0.1, -0.05) is 103 Å². The smallest absolute Gasteiger partial charge is 0.0699 e. The summed E-state index contributed by atoms with van der Waals surface area (Å²) in [6, 6.07) is 41.2. The second kappa shape index (κ2) is 11.2. The van der Waals surface area contributed by atoms with E-state index in [4.69, 9.17) is 11.0 Å². The Morgan fingerprint density at radius 2 is 1.56 bits per heavy atom. The van der Waals surface area contributed by atoms with Crippen molar-refractivity contribution in [2.45, 2.75) is 12.5 Å². The average molecular weight is 555 g/mol. The van der Waals surface area contributed by atoms with Crippen LogP contribution in [0.2, 0.25) is 0 Å². The number of nitrogens with zero attached hydrogens (tertiary/aromatic N) is 2. The molecule has 6 aromatic rings. The molecular weight excluding hydrogens is 524 g/mol. The Hall–Kier alpha value is -5.79. The van der Waals surface area contributed by atoms with Crippen LogP contribution in [0.1, 0.15) is 12.0 Å². The van der Waals surface area contributed by atoms with Gasteiger partial charge in [-0.2, -0.15) is 5.26 Å². The summed E-state index contributed by atoms with van der Waals surface area (Å²) in [4.78, 5) is 0. The number of allylic oxidation sites excluding steroid dienone is 3. The van der Waals surface area contributed by atoms with Crippen molar-refractivity contribution in [3.8, 4) is 22.9 Å². The molecule has 43 heavy (non-hydrogen) atoms. The molecule has 5 aromatic carbocycles. The summed E-state index contributed by atoms with van der Waals surface area (Å²) in [5.41, 5.74) is 14.7. The van der Waals surface area contributed by atoms with Gasteiger partial charge in [0.05, 0.1) is 29.6 Å². The molecule has 4 nitrogen and oxygen atoms in total. The Morgan fingerprint density at radius 3 is 2.33 bits per heavy atom. The molecule has 0 amide bonds. The van der Waals surface area contributed by atoms with Crippen LogP contribution in [0.4, 0.5) is 0 Å². The van der Waals surface area contributed by atoms with Crippen molar-refractivity contribution in [1.82, 2.24) is 9.88 Å². The zero-order chi connectivity index (χ0) is 29.2. The lowest BCUT2D eigenvalue weighted by atomic mass is 9.94. The molecule has 0 saturated carbocycles. The van der Waals surface area contributed by atoms with E-state index in [1.165, 1.54) is 44.4 Å². The van der Waals surface area contributed by atoms with Crippen LogP contribution in [0.15, 0.2) is 151 Å². The number of hydrogen-bond donors (Lipinski definition) is 2. The fraction of sp³-hybridized carbons (Fsp3) is 0.0513. The van der Waals surface area contributed by atoms with Gasteiger partial charge in [-0.3, -0.25) is 0 Å². The molecule has 0 aliphatic carbocycles. The SMILES string of the molecule is N#CC/C=C(\C=C/N)C1C=CC=C(c2ccc3c4c5ccccc5c(-c5ccccc5)cc4n(-c4ccccc4)c3c2)N1. The number of para-hydroxylation sites is 1. The maximum Gasteiger partial charge on any atom is 0.0699 e. The first-order valence-electron chi connectivity index (χ1n) is 14.5. The van der Waals surface area contributed by atoms with Gasteiger partial charge in [-0.15, -0.1) is 0 Å². The minimum Gasteiger partial charge on any atom is -0.405 e. The summed E-state index contributed by atoms with van der Waals surface area (Å²) < 4.78 is 2.39. The maximum atomic E-state index is 9.14. The van der Waals surface area contributed by atoms with Gasteiger partial charge in [0, 0.05) is 22.2 Å². The first-order chi connectivity index (χ1) is 21.3. The standard InChI is InChI=1S/C39H30N4/c40-23-10-13-28(22-24-41)35-18-9-19-36(42-35)29-20-21-33-37(25-29)43(30-14-5-2-6-15-30)38-26-34(27-11-3-1-4-12-27)31-16-7-8-17-32(31)39(33)38/h1-9,11-22,24-26,35,42H,10,41H2/b24-22-,28-13+. The molecule has 0 spiro atoms. The maximum absolute atomic E-state index is 9.14. The first-order valence-corrected chi connectivity index (χ1v) is 14.5. The minimum absolute atomic E-state index is 0.0822. The number of nitrogens with two attached hydrogens (primary N) is 1. The molecule has 1 aliphatic heterocycles. The lowest BCUT2D eigenvalue weighted by Crippen LogP contribution is -2.29. The van der Waals surface area contributed by atoms with E-state index in [0.717, 1.165) is 28.0 Å². The van der Waals surface area contributed by atoms with E-state index in [1.807, 2.05) is 12.2 Å². The van der Waals surface area contributed by atoms with Crippen LogP contribution < -0.4 is 11.1 Å². The highest BCUT2D eigenvalue weighted by Gasteiger charge is 2.20. The van der Waals surface area contributed by atoms with Crippen LogP contribution in [-0.2, 0) is 0 Å². The lowest BCUT2D eigenvalue weighted by molar-refractivity contribution is 0.815. The average Bonchev–Trinajstić information content (AvgIpc) is 3.41. The first kappa shape index (κ1) is 26.1. The Bertz CT molecular complexity index is 2140. The number of aromatic nitrogens is 1. The van der Waals surface area contributed by atoms with Crippen molar-refractivity contribution in [1.29, 1.82) is 5.26 Å². The van der Waals surface area contributed by atoms with Gasteiger partial charge in [0.1, 0.15) is 0 Å². The van der Waals surface area contributed by atoms with Crippen molar-refractivity contribution in [3.05, 3.63) is 157 Å². The van der Waals surface area contributed by atoms with E-state index in [9.17, 15) is 0 Å². The van der Waals surface area contributed by atoms with Crippen LogP contribution in [0.5, 0.6) is 0 Å². The van der Waals surface area contributed by atoms with Crippen LogP contribution in [0, 0.1) is 11.3 Å². The molecule has 0 fully saturated rings. The van der Waals surface area contributed by atoms with Gasteiger partial charge in [0.25, 0.3) is 0 Å². The van der Waals surface area contributed by atoms with E-state index in [1.54, 1.807) is 0 Å². The van der Waals surface area contributed by atoms with E-state index < -0.39 is 0 Å². The third-order valence-electron chi connectivity index (χ3n) is 8.14. The number of nitrogens with one attached hydrogen (secondary N) is 1. The number of dihydropyridines is 1. The highest BCUT2D eigenvalue weighted by atomic mass is 15.0. The number of hydrogen-bond acceptors (Lipinski definition) is 3. The topological polar surface area (TPSA) is 66.8 Å². The molecule has 0 saturated heterocycles. The Labute approximate surface area is 251 Å². The molecule has 206 valence electrons. The summed E-state index contributed by atoms with van der Waals surface area (Å²) >= 11 is 0. The molecule has 7 rings (SSSR count). The summed E-state index contributed by atoms with van der Waals surface area (Å²) in [7, 11) is 0. The fourth-order valence-electron chi connectivity index (χ4n) is 6.23. The van der Waals surface area contributed by atoms with E-state index in [2.05, 4.69) is 143 Å². The number of fused-ring (bicyclic) bond motifs is 5. The van der Waals surface area contributed by atoms with Crippen LogP contribution in [-0.4, -0.2) is 10.6 Å². The molecule has 0 radical (unpaired) electrons. The Kier molecular flexibility index (Phi) is 6.83. The van der Waals surface area contributed by atoms with Gasteiger partial charge in [-0.25, -0.2) is 0 Å². The lowest BCUT2D eigenvalue weighted by Gasteiger charge is -2.23. The van der Waals surface area contributed by atoms with Crippen molar-refractivity contribution >= 4 is 38.3 Å². The van der Waals surface area contributed by atoms with Crippen molar-refractivity contribution in [2.24, 2.45) is 5.73 Å². The highest BCUT2D eigenvalue weighted by molar-refractivity contribution is 6.24. The monoisotopic (exact) mass is 554 g/mol. The molecule has 2 heterocycles. The molecule has 1 aliphatic rings. The predicted molar refractivity (Wildman–Crippen MR) is 179 cm³/mol. The predicted octanol–water partition coefficient (Wildman–Crippen LogP) is 8.79. The molecule has 3 N–H and O–H groups in total. The van der Waals surface area contributed by atoms with Crippen molar-refractivity contribution in [3.63, 3.8) is 0 Å². The van der Waals surface area contributed by atoms with Gasteiger partial charge < -0.3 is 15.6 Å². The summed E-state index contributed by atoms with van der Waals surface area (Å²) in [5, 5.41) is 17.7. The van der Waals surface area contributed by atoms with E-state index in [0.29, 0.717) is 6.42 Å². The quantitative estimate of drug-likeness (QED) is 0.202. The molecule has 1 unspecified atom stereocenters. The molecule has 1 aromatic heterocycles. The largest absolute Gasteiger partial charge is 0.405 e. The van der Waals surface area contributed by atoms with Crippen molar-refractivity contribution < 1.29 is 0 Å². The second-order valence-corrected chi connectivity index (χ2v) is 10.6. The van der Waals surface area contributed by atoms with Crippen LogP contribution in [0.25, 0.3) is 55.1 Å². The minimum atomic E-state index is -0.0822. The summed E-state index contributed by atoms with van der Waals surface area (Å²) in [6.45, 7) is 0. The third-order valence-corrected chi connectivity index (χ3v) is 8.14. The summed E-state index contributed by atoms with van der Waals surface area (Å²) in [5.74, 6) is 0. The van der Waals surface area contributed by atoms with E-state index in [-0.39, 0.29) is 6.04 Å². The normalized spacial score (nSPS) is 15.2. The molecule has 4 heteroatoms. The van der Waals surface area contributed by atoms with Gasteiger partial charge in [0.2, 0.25) is 0 Å². The second-order valence-electron chi connectivity index (χ2n) is 10.6. The zero-order valence-corrected chi connectivity index (χ0v) is 23.6. The summed E-state index contributed by atoms with van der Waals surface area (Å²) in [6.07, 6.45) is 11.9. The molecule has 0 bridgehead atoms. The number of benzene rings is 5. The Morgan fingerprint density at radius 1 is 0.814 bits per heavy atom. The molecule has 1 atom stereocenters. The van der Waals surface area contributed by atoms with Gasteiger partial charge in [-0.05, 0) is 75.7 Å².